The molecule has 1 aromatic carbocycles. The van der Waals surface area contributed by atoms with Gasteiger partial charge in [-0.2, -0.15) is 17.0 Å². The molecule has 7 heteroatoms. The Hall–Kier alpha value is -0.660. The minimum Gasteiger partial charge on any atom is -0.315 e. The topological polar surface area (TPSA) is 52.7 Å². The summed E-state index contributed by atoms with van der Waals surface area (Å²) < 4.78 is 28.0. The van der Waals surface area contributed by atoms with E-state index >= 15 is 0 Å². The van der Waals surface area contributed by atoms with E-state index in [4.69, 9.17) is 11.6 Å². The second kappa shape index (κ2) is 6.87. The zero-order chi connectivity index (χ0) is 14.6. The van der Waals surface area contributed by atoms with Gasteiger partial charge in [-0.15, -0.1) is 0 Å². The maximum absolute atomic E-state index is 12.5. The number of hydrogen-bond donors (Lipinski definition) is 1. The van der Waals surface area contributed by atoms with Gasteiger partial charge in [0.1, 0.15) is 0 Å². The van der Waals surface area contributed by atoms with Crippen LogP contribution >= 0.6 is 11.6 Å². The predicted molar refractivity (Wildman–Crippen MR) is 80.9 cm³/mol. The molecule has 0 spiro atoms. The van der Waals surface area contributed by atoms with Gasteiger partial charge in [0, 0.05) is 38.2 Å². The Kier molecular flexibility index (Phi) is 5.40. The van der Waals surface area contributed by atoms with E-state index in [9.17, 15) is 8.42 Å². The molecule has 5 nitrogen and oxygen atoms in total. The van der Waals surface area contributed by atoms with Crippen LogP contribution in [0, 0.1) is 0 Å². The van der Waals surface area contributed by atoms with Gasteiger partial charge in [0.2, 0.25) is 0 Å². The second-order valence-corrected chi connectivity index (χ2v) is 7.30. The molecule has 112 valence electrons. The number of halogens is 1. The third kappa shape index (κ3) is 3.71. The lowest BCUT2D eigenvalue weighted by atomic mass is 10.2. The minimum atomic E-state index is -3.43. The maximum atomic E-state index is 12.5. The molecule has 0 amide bonds. The molecule has 1 N–H and O–H groups in total. The zero-order valence-electron chi connectivity index (χ0n) is 11.5. The van der Waals surface area contributed by atoms with Crippen molar-refractivity contribution in [3.63, 3.8) is 0 Å². The second-order valence-electron chi connectivity index (χ2n) is 4.86. The summed E-state index contributed by atoms with van der Waals surface area (Å²) >= 11 is 6.09. The first kappa shape index (κ1) is 15.7. The van der Waals surface area contributed by atoms with Crippen molar-refractivity contribution in [2.24, 2.45) is 0 Å². The van der Waals surface area contributed by atoms with Crippen LogP contribution in [0.15, 0.2) is 24.3 Å². The lowest BCUT2D eigenvalue weighted by molar-refractivity contribution is 0.368. The molecule has 0 bridgehead atoms. The van der Waals surface area contributed by atoms with Crippen LogP contribution in [-0.2, 0) is 16.8 Å². The van der Waals surface area contributed by atoms with Crippen LogP contribution in [0.3, 0.4) is 0 Å². The summed E-state index contributed by atoms with van der Waals surface area (Å²) in [6.07, 6.45) is 0.833. The average molecular weight is 318 g/mol. The van der Waals surface area contributed by atoms with Crippen LogP contribution in [0.4, 0.5) is 0 Å². The molecule has 0 aromatic heterocycles. The van der Waals surface area contributed by atoms with Crippen molar-refractivity contribution in [2.45, 2.75) is 13.0 Å². The fraction of sp³-hybridized carbons (Fsp3) is 0.538. The molecule has 0 atom stereocenters. The highest BCUT2D eigenvalue weighted by atomic mass is 35.5. The van der Waals surface area contributed by atoms with E-state index in [1.807, 2.05) is 18.2 Å². The maximum Gasteiger partial charge on any atom is 0.282 e. The van der Waals surface area contributed by atoms with Crippen molar-refractivity contribution in [1.29, 1.82) is 0 Å². The molecule has 1 aliphatic rings. The summed E-state index contributed by atoms with van der Waals surface area (Å²) in [5.41, 5.74) is 0.813. The summed E-state index contributed by atoms with van der Waals surface area (Å²) in [6, 6.07) is 7.31. The van der Waals surface area contributed by atoms with Crippen LogP contribution in [0.5, 0.6) is 0 Å². The first-order valence-corrected chi connectivity index (χ1v) is 8.45. The van der Waals surface area contributed by atoms with Gasteiger partial charge in [-0.25, -0.2) is 0 Å². The zero-order valence-corrected chi connectivity index (χ0v) is 13.1. The number of benzene rings is 1. The van der Waals surface area contributed by atoms with Crippen LogP contribution in [0.25, 0.3) is 0 Å². The van der Waals surface area contributed by atoms with Gasteiger partial charge >= 0.3 is 0 Å². The van der Waals surface area contributed by atoms with Gasteiger partial charge in [0.25, 0.3) is 10.2 Å². The van der Waals surface area contributed by atoms with E-state index in [-0.39, 0.29) is 6.54 Å². The lowest BCUT2D eigenvalue weighted by Gasteiger charge is -2.26. The molecule has 1 saturated heterocycles. The van der Waals surface area contributed by atoms with Crippen LogP contribution in [0.2, 0.25) is 5.02 Å². The number of rotatable bonds is 4. The molecule has 1 fully saturated rings. The van der Waals surface area contributed by atoms with Crippen molar-refractivity contribution in [2.75, 3.05) is 33.2 Å². The number of hydrogen-bond acceptors (Lipinski definition) is 3. The highest BCUT2D eigenvalue weighted by Gasteiger charge is 2.27. The summed E-state index contributed by atoms with van der Waals surface area (Å²) in [6.45, 7) is 2.91. The largest absolute Gasteiger partial charge is 0.315 e. The molecular formula is C13H20ClN3O2S. The molecule has 0 unspecified atom stereocenters. The Bertz CT molecular complexity index is 542. The highest BCUT2D eigenvalue weighted by molar-refractivity contribution is 7.86. The van der Waals surface area contributed by atoms with Gasteiger partial charge < -0.3 is 5.32 Å². The summed E-state index contributed by atoms with van der Waals surface area (Å²) in [4.78, 5) is 0. The first-order chi connectivity index (χ1) is 9.51. The van der Waals surface area contributed by atoms with Crippen LogP contribution in [0.1, 0.15) is 12.0 Å². The van der Waals surface area contributed by atoms with Crippen LogP contribution < -0.4 is 5.32 Å². The van der Waals surface area contributed by atoms with E-state index in [1.165, 1.54) is 8.61 Å². The Morgan fingerprint density at radius 1 is 1.30 bits per heavy atom. The summed E-state index contributed by atoms with van der Waals surface area (Å²) in [7, 11) is -1.84. The lowest BCUT2D eigenvalue weighted by Crippen LogP contribution is -2.43. The van der Waals surface area contributed by atoms with E-state index in [1.54, 1.807) is 13.1 Å². The third-order valence-electron chi connectivity index (χ3n) is 3.37. The molecule has 0 aliphatic carbocycles. The molecule has 1 aromatic rings. The smallest absolute Gasteiger partial charge is 0.282 e. The van der Waals surface area contributed by atoms with Gasteiger partial charge in [-0.1, -0.05) is 29.8 Å². The van der Waals surface area contributed by atoms with Crippen molar-refractivity contribution >= 4 is 21.8 Å². The molecule has 2 rings (SSSR count). The molecule has 1 heterocycles. The Morgan fingerprint density at radius 3 is 2.80 bits per heavy atom. The summed E-state index contributed by atoms with van der Waals surface area (Å²) in [5, 5.41) is 3.79. The third-order valence-corrected chi connectivity index (χ3v) is 5.67. The monoisotopic (exact) mass is 317 g/mol. The standard InChI is InChI=1S/C13H20ClN3O2S/c1-16(11-12-5-2-3-6-13(12)14)20(18,19)17-9-4-7-15-8-10-17/h2-3,5-6,15H,4,7-11H2,1H3. The Morgan fingerprint density at radius 2 is 2.05 bits per heavy atom. The van der Waals surface area contributed by atoms with E-state index in [0.29, 0.717) is 24.7 Å². The predicted octanol–water partition coefficient (Wildman–Crippen LogP) is 1.31. The van der Waals surface area contributed by atoms with Crippen molar-refractivity contribution < 1.29 is 8.42 Å². The fourth-order valence-corrected chi connectivity index (χ4v) is 3.77. The SMILES string of the molecule is CN(Cc1ccccc1Cl)S(=O)(=O)N1CCCNCC1. The van der Waals surface area contributed by atoms with Crippen LogP contribution in [-0.4, -0.2) is 50.3 Å². The van der Waals surface area contributed by atoms with Gasteiger partial charge in [0.05, 0.1) is 0 Å². The van der Waals surface area contributed by atoms with E-state index in [2.05, 4.69) is 5.32 Å². The normalized spacial score (nSPS) is 18.1. The molecule has 20 heavy (non-hydrogen) atoms. The molecule has 0 radical (unpaired) electrons. The highest BCUT2D eigenvalue weighted by Crippen LogP contribution is 2.19. The Labute approximate surface area is 125 Å². The minimum absolute atomic E-state index is 0.284. The van der Waals surface area contributed by atoms with E-state index < -0.39 is 10.2 Å². The summed E-state index contributed by atoms with van der Waals surface area (Å²) in [5.74, 6) is 0. The number of nitrogens with zero attached hydrogens (tertiary/aromatic N) is 2. The first-order valence-electron chi connectivity index (χ1n) is 6.67. The van der Waals surface area contributed by atoms with E-state index in [0.717, 1.165) is 18.5 Å². The fourth-order valence-electron chi connectivity index (χ4n) is 2.20. The molecule has 0 saturated carbocycles. The van der Waals surface area contributed by atoms with Gasteiger partial charge in [-0.05, 0) is 24.6 Å². The van der Waals surface area contributed by atoms with Crippen molar-refractivity contribution in [3.05, 3.63) is 34.9 Å². The molecule has 1 aliphatic heterocycles. The van der Waals surface area contributed by atoms with Gasteiger partial charge in [-0.3, -0.25) is 0 Å². The Balaban J connectivity index is 2.10. The van der Waals surface area contributed by atoms with Crippen molar-refractivity contribution in [3.8, 4) is 0 Å². The van der Waals surface area contributed by atoms with Gasteiger partial charge in [0.15, 0.2) is 0 Å². The van der Waals surface area contributed by atoms with Crippen molar-refractivity contribution in [1.82, 2.24) is 13.9 Å². The number of nitrogens with one attached hydrogen (secondary N) is 1. The molecular weight excluding hydrogens is 298 g/mol. The average Bonchev–Trinajstić information content (AvgIpc) is 2.70. The quantitative estimate of drug-likeness (QED) is 0.911.